The van der Waals surface area contributed by atoms with E-state index in [2.05, 4.69) is 16.4 Å². The first-order chi connectivity index (χ1) is 8.59. The number of aromatic nitrogens is 1. The Kier molecular flexibility index (Phi) is 8.49. The van der Waals surface area contributed by atoms with Crippen molar-refractivity contribution in [1.82, 2.24) is 10.3 Å². The van der Waals surface area contributed by atoms with Gasteiger partial charge in [0.25, 0.3) is 0 Å². The van der Waals surface area contributed by atoms with Crippen LogP contribution in [0.15, 0.2) is 42.7 Å². The molecule has 2 rings (SSSR count). The first-order valence-electron chi connectivity index (χ1n) is 5.33. The van der Waals surface area contributed by atoms with Gasteiger partial charge in [0.15, 0.2) is 5.78 Å². The summed E-state index contributed by atoms with van der Waals surface area (Å²) >= 11 is 0. The molecule has 0 bridgehead atoms. The Morgan fingerprint density at radius 3 is 2.68 bits per heavy atom. The van der Waals surface area contributed by atoms with Crippen LogP contribution in [0.5, 0.6) is 0 Å². The van der Waals surface area contributed by atoms with Gasteiger partial charge >= 0.3 is 0 Å². The molecule has 6 heteroatoms. The first kappa shape index (κ1) is 17.3. The molecule has 5 nitrogen and oxygen atoms in total. The predicted molar refractivity (Wildman–Crippen MR) is 69.2 cm³/mol. The SMILES string of the molecule is CC(=O)C=C(C)O.[Ir].[c-]1cnccc1N1C=CN[CH-]1. The zero-order chi connectivity index (χ0) is 13.4. The van der Waals surface area contributed by atoms with E-state index >= 15 is 0 Å². The van der Waals surface area contributed by atoms with Crippen molar-refractivity contribution >= 4 is 11.5 Å². The number of ketones is 1. The van der Waals surface area contributed by atoms with Gasteiger partial charge in [-0.1, -0.05) is 12.4 Å². The molecule has 19 heavy (non-hydrogen) atoms. The summed E-state index contributed by atoms with van der Waals surface area (Å²) in [6.07, 6.45) is 8.33. The maximum absolute atomic E-state index is 10.0. The minimum atomic E-state index is -0.125. The molecule has 0 aliphatic carbocycles. The average Bonchev–Trinajstić information content (AvgIpc) is 2.82. The summed E-state index contributed by atoms with van der Waals surface area (Å²) in [5.41, 5.74) is 0.987. The van der Waals surface area contributed by atoms with Gasteiger partial charge in [-0.25, -0.2) is 6.07 Å². The molecular formula is C13H15IrN3O2-2. The quantitative estimate of drug-likeness (QED) is 0.421. The van der Waals surface area contributed by atoms with E-state index in [0.29, 0.717) is 0 Å². The molecule has 2 N–H and O–H groups in total. The average molecular weight is 437 g/mol. The molecule has 0 amide bonds. The smallest absolute Gasteiger partial charge is 0.155 e. The third kappa shape index (κ3) is 7.39. The number of carbonyl (C=O) groups excluding carboxylic acids is 1. The second kappa shape index (κ2) is 9.30. The molecule has 0 spiro atoms. The molecular weight excluding hydrogens is 422 g/mol. The first-order valence-corrected chi connectivity index (χ1v) is 5.33. The number of anilines is 1. The number of carbonyl (C=O) groups is 1. The van der Waals surface area contributed by atoms with E-state index in [9.17, 15) is 4.79 Å². The summed E-state index contributed by atoms with van der Waals surface area (Å²) in [5.74, 6) is -0.0625. The van der Waals surface area contributed by atoms with Crippen LogP contribution in [-0.2, 0) is 24.9 Å². The summed E-state index contributed by atoms with van der Waals surface area (Å²) in [7, 11) is 0. The molecule has 105 valence electrons. The van der Waals surface area contributed by atoms with Crippen LogP contribution in [0.4, 0.5) is 5.69 Å². The van der Waals surface area contributed by atoms with E-state index in [1.165, 1.54) is 19.9 Å². The molecule has 1 aromatic rings. The molecule has 0 unspecified atom stereocenters. The molecule has 1 aromatic heterocycles. The fraction of sp³-hybridized carbons (Fsp3) is 0.154. The van der Waals surface area contributed by atoms with Crippen LogP contribution in [0.2, 0.25) is 0 Å². The molecule has 0 fully saturated rings. The second-order valence-corrected chi connectivity index (χ2v) is 3.54. The van der Waals surface area contributed by atoms with Gasteiger partial charge in [-0.2, -0.15) is 18.4 Å². The monoisotopic (exact) mass is 438 g/mol. The maximum atomic E-state index is 10.0. The van der Waals surface area contributed by atoms with Crippen molar-refractivity contribution in [2.24, 2.45) is 0 Å². The molecule has 0 saturated heterocycles. The molecule has 1 radical (unpaired) electrons. The number of pyridine rings is 1. The van der Waals surface area contributed by atoms with Crippen LogP contribution < -0.4 is 10.2 Å². The summed E-state index contributed by atoms with van der Waals surface area (Å²) in [6.45, 7) is 4.70. The van der Waals surface area contributed by atoms with Crippen LogP contribution >= 0.6 is 0 Å². The fourth-order valence-corrected chi connectivity index (χ4v) is 1.20. The Hall–Kier alpha value is -1.65. The Morgan fingerprint density at radius 2 is 2.32 bits per heavy atom. The van der Waals surface area contributed by atoms with E-state index in [4.69, 9.17) is 5.11 Å². The van der Waals surface area contributed by atoms with Crippen LogP contribution in [0.25, 0.3) is 0 Å². The van der Waals surface area contributed by atoms with Crippen LogP contribution in [0, 0.1) is 12.7 Å². The molecule has 0 saturated carbocycles. The third-order valence-corrected chi connectivity index (χ3v) is 1.84. The Labute approximate surface area is 126 Å². The summed E-state index contributed by atoms with van der Waals surface area (Å²) < 4.78 is 0. The minimum Gasteiger partial charge on any atom is -0.521 e. The number of nitrogens with one attached hydrogen (secondary N) is 1. The minimum absolute atomic E-state index is 0. The van der Waals surface area contributed by atoms with Crippen LogP contribution in [0.3, 0.4) is 0 Å². The number of rotatable bonds is 2. The Morgan fingerprint density at radius 1 is 1.58 bits per heavy atom. The fourth-order valence-electron chi connectivity index (χ4n) is 1.20. The van der Waals surface area contributed by atoms with Gasteiger partial charge < -0.3 is 20.3 Å². The normalized spacial score (nSPS) is 12.9. The van der Waals surface area contributed by atoms with Gasteiger partial charge in [-0.05, 0) is 26.2 Å². The zero-order valence-electron chi connectivity index (χ0n) is 10.6. The predicted octanol–water partition coefficient (Wildman–Crippen LogP) is 1.92. The number of hydrogen-bond acceptors (Lipinski definition) is 5. The van der Waals surface area contributed by atoms with E-state index < -0.39 is 0 Å². The molecule has 1 aliphatic heterocycles. The largest absolute Gasteiger partial charge is 0.521 e. The van der Waals surface area contributed by atoms with Gasteiger partial charge in [-0.15, -0.1) is 0 Å². The molecule has 1 aliphatic rings. The van der Waals surface area contributed by atoms with E-state index in [-0.39, 0.29) is 31.6 Å². The summed E-state index contributed by atoms with van der Waals surface area (Å²) in [5, 5.41) is 11.3. The van der Waals surface area contributed by atoms with Gasteiger partial charge in [0, 0.05) is 26.2 Å². The molecule has 2 heterocycles. The van der Waals surface area contributed by atoms with Crippen molar-refractivity contribution in [3.63, 3.8) is 0 Å². The Balaban J connectivity index is 0.000000360. The van der Waals surface area contributed by atoms with Crippen molar-refractivity contribution in [2.75, 3.05) is 4.90 Å². The van der Waals surface area contributed by atoms with E-state index in [1.54, 1.807) is 12.4 Å². The second-order valence-electron chi connectivity index (χ2n) is 3.54. The molecule has 0 aromatic carbocycles. The maximum Gasteiger partial charge on any atom is 0.155 e. The van der Waals surface area contributed by atoms with Crippen molar-refractivity contribution < 1.29 is 30.0 Å². The van der Waals surface area contributed by atoms with Crippen molar-refractivity contribution in [3.8, 4) is 0 Å². The van der Waals surface area contributed by atoms with E-state index in [0.717, 1.165) is 5.69 Å². The summed E-state index contributed by atoms with van der Waals surface area (Å²) in [6, 6.07) is 4.90. The number of aliphatic hydroxyl groups excluding tert-OH is 1. The Bertz CT molecular complexity index is 442. The number of hydrogen-bond donors (Lipinski definition) is 2. The van der Waals surface area contributed by atoms with Gasteiger partial charge in [-0.3, -0.25) is 4.79 Å². The van der Waals surface area contributed by atoms with Gasteiger partial charge in [0.2, 0.25) is 0 Å². The van der Waals surface area contributed by atoms with Gasteiger partial charge in [0.05, 0.1) is 5.76 Å². The van der Waals surface area contributed by atoms with Gasteiger partial charge in [0.1, 0.15) is 0 Å². The summed E-state index contributed by atoms with van der Waals surface area (Å²) in [4.78, 5) is 15.8. The van der Waals surface area contributed by atoms with Crippen LogP contribution in [-0.4, -0.2) is 15.9 Å². The molecule has 0 atom stereocenters. The number of nitrogens with zero attached hydrogens (tertiary/aromatic N) is 2. The topological polar surface area (TPSA) is 65.5 Å². The van der Waals surface area contributed by atoms with Crippen LogP contribution in [0.1, 0.15) is 13.8 Å². The standard InChI is InChI=1S/C8H7N3.C5H8O2.Ir/c1-3-9-4-2-8(1)11-6-5-10-7-11;1-4(6)3-5(2)7;/h1,3-7,10H;3,6H,1-2H3;/q-2;;. The van der Waals surface area contributed by atoms with E-state index in [1.807, 2.05) is 30.0 Å². The third-order valence-electron chi connectivity index (χ3n) is 1.84. The van der Waals surface area contributed by atoms with Crippen molar-refractivity contribution in [3.05, 3.63) is 55.4 Å². The van der Waals surface area contributed by atoms with Crippen molar-refractivity contribution in [2.45, 2.75) is 13.8 Å². The number of aliphatic hydroxyl groups is 1. The zero-order valence-corrected chi connectivity index (χ0v) is 13.0. The van der Waals surface area contributed by atoms with Crippen molar-refractivity contribution in [1.29, 1.82) is 0 Å². The number of allylic oxidation sites excluding steroid dienone is 2.